The first kappa shape index (κ1) is 20.0. The average Bonchev–Trinajstić information content (AvgIpc) is 2.86. The second kappa shape index (κ2) is 9.43. The van der Waals surface area contributed by atoms with E-state index in [2.05, 4.69) is 24.3 Å². The second-order valence-electron chi connectivity index (χ2n) is 6.59. The highest BCUT2D eigenvalue weighted by atomic mass is 35.5. The predicted molar refractivity (Wildman–Crippen MR) is 106 cm³/mol. The van der Waals surface area contributed by atoms with E-state index in [0.29, 0.717) is 17.6 Å². The van der Waals surface area contributed by atoms with E-state index in [1.165, 1.54) is 6.08 Å². The molecule has 1 amide bonds. The van der Waals surface area contributed by atoms with Gasteiger partial charge in [-0.3, -0.25) is 9.48 Å². The molecule has 1 aromatic carbocycles. The number of ether oxygens (including phenoxy) is 1. The van der Waals surface area contributed by atoms with Gasteiger partial charge in [-0.05, 0) is 43.0 Å². The highest BCUT2D eigenvalue weighted by molar-refractivity contribution is 6.31. The zero-order valence-corrected chi connectivity index (χ0v) is 16.5. The van der Waals surface area contributed by atoms with Crippen LogP contribution in [0.4, 0.5) is 0 Å². The predicted octanol–water partition coefficient (Wildman–Crippen LogP) is 3.88. The minimum Gasteiger partial charge on any atom is -0.497 e. The van der Waals surface area contributed by atoms with Crippen molar-refractivity contribution in [3.63, 3.8) is 0 Å². The Morgan fingerprint density at radius 3 is 2.65 bits per heavy atom. The van der Waals surface area contributed by atoms with E-state index in [4.69, 9.17) is 16.3 Å². The lowest BCUT2D eigenvalue weighted by Gasteiger charge is -2.05. The quantitative estimate of drug-likeness (QED) is 0.712. The number of hydrogen-bond donors (Lipinski definition) is 1. The smallest absolute Gasteiger partial charge is 0.244 e. The monoisotopic (exact) mass is 375 g/mol. The molecule has 0 aliphatic heterocycles. The zero-order valence-electron chi connectivity index (χ0n) is 15.8. The van der Waals surface area contributed by atoms with Crippen molar-refractivity contribution in [3.8, 4) is 5.75 Å². The Bertz CT molecular complexity index is 764. The van der Waals surface area contributed by atoms with Crippen LogP contribution in [0.15, 0.2) is 30.3 Å². The average molecular weight is 376 g/mol. The number of aryl methyl sites for hydroxylation is 1. The Morgan fingerprint density at radius 2 is 2.04 bits per heavy atom. The molecule has 1 aromatic heterocycles. The van der Waals surface area contributed by atoms with E-state index in [9.17, 15) is 4.79 Å². The van der Waals surface area contributed by atoms with Gasteiger partial charge in [0, 0.05) is 24.7 Å². The minimum atomic E-state index is -0.148. The standard InChI is InChI=1S/C20H26ClN3O2/c1-14(2)13-24-20(21)18(15(3)23-24)9-10-19(25)22-12-11-16-5-7-17(26-4)8-6-16/h5-10,14H,11-13H2,1-4H3,(H,22,25)/b10-9+. The van der Waals surface area contributed by atoms with E-state index in [1.807, 2.05) is 31.2 Å². The molecule has 0 atom stereocenters. The van der Waals surface area contributed by atoms with Crippen molar-refractivity contribution in [2.45, 2.75) is 33.7 Å². The molecular formula is C20H26ClN3O2. The summed E-state index contributed by atoms with van der Waals surface area (Å²) in [6.45, 7) is 7.43. The summed E-state index contributed by atoms with van der Waals surface area (Å²) in [6, 6.07) is 7.81. The summed E-state index contributed by atoms with van der Waals surface area (Å²) >= 11 is 6.37. The molecule has 0 saturated heterocycles. The number of aromatic nitrogens is 2. The molecule has 2 aromatic rings. The van der Waals surface area contributed by atoms with Crippen molar-refractivity contribution in [2.24, 2.45) is 5.92 Å². The first-order chi connectivity index (χ1) is 12.4. The van der Waals surface area contributed by atoms with E-state index >= 15 is 0 Å². The van der Waals surface area contributed by atoms with Crippen LogP contribution in [-0.2, 0) is 17.8 Å². The number of methoxy groups -OCH3 is 1. The van der Waals surface area contributed by atoms with Crippen LogP contribution in [-0.4, -0.2) is 29.3 Å². The van der Waals surface area contributed by atoms with Crippen molar-refractivity contribution in [1.82, 2.24) is 15.1 Å². The van der Waals surface area contributed by atoms with E-state index in [1.54, 1.807) is 17.9 Å². The number of nitrogens with zero attached hydrogens (tertiary/aromatic N) is 2. The van der Waals surface area contributed by atoms with Gasteiger partial charge in [-0.25, -0.2) is 0 Å². The highest BCUT2D eigenvalue weighted by Crippen LogP contribution is 2.22. The second-order valence-corrected chi connectivity index (χ2v) is 6.95. The molecule has 5 nitrogen and oxygen atoms in total. The van der Waals surface area contributed by atoms with Gasteiger partial charge in [0.25, 0.3) is 0 Å². The molecule has 1 N–H and O–H groups in total. The molecule has 0 fully saturated rings. The van der Waals surface area contributed by atoms with Crippen LogP contribution in [0.3, 0.4) is 0 Å². The number of benzene rings is 1. The molecule has 0 bridgehead atoms. The van der Waals surface area contributed by atoms with Crippen molar-refractivity contribution < 1.29 is 9.53 Å². The number of amides is 1. The SMILES string of the molecule is COc1ccc(CCNC(=O)/C=C/c2c(C)nn(CC(C)C)c2Cl)cc1. The summed E-state index contributed by atoms with van der Waals surface area (Å²) in [6.07, 6.45) is 3.99. The molecule has 0 unspecified atom stereocenters. The van der Waals surface area contributed by atoms with Crippen LogP contribution < -0.4 is 10.1 Å². The maximum atomic E-state index is 12.0. The maximum Gasteiger partial charge on any atom is 0.244 e. The molecule has 0 saturated carbocycles. The number of carbonyl (C=O) groups excluding carboxylic acids is 1. The van der Waals surface area contributed by atoms with E-state index in [-0.39, 0.29) is 5.91 Å². The summed E-state index contributed by atoms with van der Waals surface area (Å²) < 4.78 is 6.91. The summed E-state index contributed by atoms with van der Waals surface area (Å²) in [4.78, 5) is 12.0. The van der Waals surface area contributed by atoms with Crippen LogP contribution in [0, 0.1) is 12.8 Å². The first-order valence-electron chi connectivity index (χ1n) is 8.72. The molecule has 1 heterocycles. The molecule has 0 aliphatic rings. The summed E-state index contributed by atoms with van der Waals surface area (Å²) in [5, 5.41) is 7.88. The van der Waals surface area contributed by atoms with Crippen molar-refractivity contribution in [1.29, 1.82) is 0 Å². The van der Waals surface area contributed by atoms with Gasteiger partial charge in [0.2, 0.25) is 5.91 Å². The third-order valence-electron chi connectivity index (χ3n) is 3.92. The van der Waals surface area contributed by atoms with Gasteiger partial charge < -0.3 is 10.1 Å². The van der Waals surface area contributed by atoms with Gasteiger partial charge in [-0.15, -0.1) is 0 Å². The number of halogens is 1. The molecule has 0 aliphatic carbocycles. The third kappa shape index (κ3) is 5.63. The minimum absolute atomic E-state index is 0.148. The van der Waals surface area contributed by atoms with Gasteiger partial charge in [-0.2, -0.15) is 5.10 Å². The normalized spacial score (nSPS) is 11.3. The molecule has 6 heteroatoms. The Labute approximate surface area is 160 Å². The Kier molecular flexibility index (Phi) is 7.27. The number of rotatable bonds is 8. The molecule has 2 rings (SSSR count). The van der Waals surface area contributed by atoms with Gasteiger partial charge in [0.15, 0.2) is 0 Å². The van der Waals surface area contributed by atoms with Gasteiger partial charge in [0.1, 0.15) is 10.9 Å². The van der Waals surface area contributed by atoms with Crippen molar-refractivity contribution in [2.75, 3.05) is 13.7 Å². The highest BCUT2D eigenvalue weighted by Gasteiger charge is 2.12. The number of hydrogen-bond acceptors (Lipinski definition) is 3. The molecular weight excluding hydrogens is 350 g/mol. The lowest BCUT2D eigenvalue weighted by atomic mass is 10.1. The summed E-state index contributed by atoms with van der Waals surface area (Å²) in [7, 11) is 1.64. The largest absolute Gasteiger partial charge is 0.497 e. The lowest BCUT2D eigenvalue weighted by molar-refractivity contribution is -0.116. The number of nitrogens with one attached hydrogen (secondary N) is 1. The van der Waals surface area contributed by atoms with E-state index in [0.717, 1.165) is 35.5 Å². The fourth-order valence-corrected chi connectivity index (χ4v) is 2.87. The topological polar surface area (TPSA) is 56.1 Å². The van der Waals surface area contributed by atoms with Crippen LogP contribution in [0.2, 0.25) is 5.15 Å². The van der Waals surface area contributed by atoms with Gasteiger partial charge >= 0.3 is 0 Å². The van der Waals surface area contributed by atoms with E-state index < -0.39 is 0 Å². The summed E-state index contributed by atoms with van der Waals surface area (Å²) in [5.41, 5.74) is 2.75. The van der Waals surface area contributed by atoms with Gasteiger partial charge in [-0.1, -0.05) is 37.6 Å². The van der Waals surface area contributed by atoms with Crippen LogP contribution in [0.5, 0.6) is 5.75 Å². The fraction of sp³-hybridized carbons (Fsp3) is 0.400. The van der Waals surface area contributed by atoms with Crippen LogP contribution >= 0.6 is 11.6 Å². The molecule has 0 radical (unpaired) electrons. The number of carbonyl (C=O) groups is 1. The fourth-order valence-electron chi connectivity index (χ4n) is 2.56. The Balaban J connectivity index is 1.88. The molecule has 26 heavy (non-hydrogen) atoms. The Morgan fingerprint density at radius 1 is 1.35 bits per heavy atom. The Hall–Kier alpha value is -2.27. The van der Waals surface area contributed by atoms with Gasteiger partial charge in [0.05, 0.1) is 12.8 Å². The van der Waals surface area contributed by atoms with Crippen molar-refractivity contribution >= 4 is 23.6 Å². The maximum absolute atomic E-state index is 12.0. The lowest BCUT2D eigenvalue weighted by Crippen LogP contribution is -2.23. The molecule has 0 spiro atoms. The van der Waals surface area contributed by atoms with Crippen LogP contribution in [0.25, 0.3) is 6.08 Å². The zero-order chi connectivity index (χ0) is 19.1. The van der Waals surface area contributed by atoms with Crippen molar-refractivity contribution in [3.05, 3.63) is 52.3 Å². The summed E-state index contributed by atoms with van der Waals surface area (Å²) in [5.74, 6) is 1.13. The third-order valence-corrected chi connectivity index (χ3v) is 4.32. The first-order valence-corrected chi connectivity index (χ1v) is 9.10. The van der Waals surface area contributed by atoms with Crippen LogP contribution in [0.1, 0.15) is 30.7 Å². The molecule has 140 valence electrons.